The van der Waals surface area contributed by atoms with Crippen LogP contribution in [-0.2, 0) is 12.8 Å². The van der Waals surface area contributed by atoms with Crippen LogP contribution in [0.3, 0.4) is 0 Å². The van der Waals surface area contributed by atoms with E-state index < -0.39 is 0 Å². The summed E-state index contributed by atoms with van der Waals surface area (Å²) in [5.74, 6) is 0. The van der Waals surface area contributed by atoms with Crippen LogP contribution in [0.4, 0.5) is 0 Å². The van der Waals surface area contributed by atoms with Crippen molar-refractivity contribution in [1.29, 1.82) is 0 Å². The van der Waals surface area contributed by atoms with E-state index in [-0.39, 0.29) is 0 Å². The quantitative estimate of drug-likeness (QED) is 0.424. The molecular weight excluding hydrogens is 240 g/mol. The molecule has 1 aromatic carbocycles. The van der Waals surface area contributed by atoms with Gasteiger partial charge >= 0.3 is 0 Å². The molecule has 1 aromatic rings. The van der Waals surface area contributed by atoms with Crippen LogP contribution in [0.1, 0.15) is 87.5 Å². The van der Waals surface area contributed by atoms with Gasteiger partial charge in [-0.05, 0) is 61.8 Å². The number of hydrogen-bond acceptors (Lipinski definition) is 0. The van der Waals surface area contributed by atoms with Gasteiger partial charge in [0.1, 0.15) is 0 Å². The molecule has 0 atom stereocenters. The molecule has 0 spiro atoms. The van der Waals surface area contributed by atoms with Crippen LogP contribution in [0.25, 0.3) is 0 Å². The van der Waals surface area contributed by atoms with Gasteiger partial charge in [-0.15, -0.1) is 0 Å². The average Bonchev–Trinajstić information content (AvgIpc) is 2.44. The minimum absolute atomic E-state index is 1.27. The molecule has 0 heterocycles. The number of benzene rings is 1. The summed E-state index contributed by atoms with van der Waals surface area (Å²) in [5.41, 5.74) is 6.18. The Morgan fingerprint density at radius 1 is 0.600 bits per heavy atom. The maximum atomic E-state index is 2.45. The molecule has 1 rings (SSSR count). The largest absolute Gasteiger partial charge is 0.0654 e. The Morgan fingerprint density at radius 2 is 1.00 bits per heavy atom. The van der Waals surface area contributed by atoms with Crippen molar-refractivity contribution in [3.8, 4) is 0 Å². The first kappa shape index (κ1) is 17.3. The van der Waals surface area contributed by atoms with Crippen molar-refractivity contribution in [2.24, 2.45) is 0 Å². The molecule has 0 heteroatoms. The molecule has 0 radical (unpaired) electrons. The van der Waals surface area contributed by atoms with E-state index in [0.29, 0.717) is 0 Å². The normalized spacial score (nSPS) is 11.0. The Kier molecular flexibility index (Phi) is 8.65. The lowest BCUT2D eigenvalue weighted by Gasteiger charge is -2.12. The fraction of sp³-hybridized carbons (Fsp3) is 0.700. The molecule has 0 aliphatic carbocycles. The first-order valence-corrected chi connectivity index (χ1v) is 8.78. The molecule has 20 heavy (non-hydrogen) atoms. The average molecular weight is 274 g/mol. The summed E-state index contributed by atoms with van der Waals surface area (Å²) in [6, 6.07) is 4.91. The van der Waals surface area contributed by atoms with E-state index in [4.69, 9.17) is 0 Å². The number of unbranched alkanes of at least 4 members (excludes halogenated alkanes) is 6. The highest BCUT2D eigenvalue weighted by atomic mass is 14.1. The van der Waals surface area contributed by atoms with Gasteiger partial charge in [0.25, 0.3) is 0 Å². The molecule has 0 unspecified atom stereocenters. The van der Waals surface area contributed by atoms with Crippen LogP contribution < -0.4 is 0 Å². The van der Waals surface area contributed by atoms with Gasteiger partial charge in [0, 0.05) is 0 Å². The summed E-state index contributed by atoms with van der Waals surface area (Å²) in [6.45, 7) is 9.15. The summed E-state index contributed by atoms with van der Waals surface area (Å²) in [4.78, 5) is 0. The maximum absolute atomic E-state index is 2.45. The zero-order chi connectivity index (χ0) is 14.8. The van der Waals surface area contributed by atoms with Gasteiger partial charge in [0.15, 0.2) is 0 Å². The fourth-order valence-corrected chi connectivity index (χ4v) is 2.96. The van der Waals surface area contributed by atoms with Gasteiger partial charge in [-0.25, -0.2) is 0 Å². The molecule has 0 nitrogen and oxygen atoms in total. The highest BCUT2D eigenvalue weighted by molar-refractivity contribution is 5.37. The number of hydrogen-bond donors (Lipinski definition) is 0. The second-order valence-corrected chi connectivity index (χ2v) is 6.33. The van der Waals surface area contributed by atoms with Gasteiger partial charge in [-0.1, -0.05) is 64.5 Å². The fourth-order valence-electron chi connectivity index (χ4n) is 2.96. The number of rotatable bonds is 10. The molecule has 0 aliphatic rings. The van der Waals surface area contributed by atoms with Gasteiger partial charge in [0.2, 0.25) is 0 Å². The third kappa shape index (κ3) is 6.11. The maximum Gasteiger partial charge on any atom is -0.0276 e. The van der Waals surface area contributed by atoms with Crippen molar-refractivity contribution in [1.82, 2.24) is 0 Å². The van der Waals surface area contributed by atoms with E-state index in [0.717, 1.165) is 0 Å². The molecule has 0 N–H and O–H groups in total. The smallest absolute Gasteiger partial charge is 0.0276 e. The zero-order valence-electron chi connectivity index (χ0n) is 14.2. The molecule has 0 saturated carbocycles. The summed E-state index contributed by atoms with van der Waals surface area (Å²) in [7, 11) is 0. The third-order valence-corrected chi connectivity index (χ3v) is 4.39. The zero-order valence-corrected chi connectivity index (χ0v) is 14.2. The topological polar surface area (TPSA) is 0 Å². The van der Waals surface area contributed by atoms with E-state index in [1.165, 1.54) is 75.3 Å². The van der Waals surface area contributed by atoms with Gasteiger partial charge in [0.05, 0.1) is 0 Å². The van der Waals surface area contributed by atoms with Crippen LogP contribution in [0.5, 0.6) is 0 Å². The first-order valence-electron chi connectivity index (χ1n) is 8.78. The second kappa shape index (κ2) is 10.0. The van der Waals surface area contributed by atoms with E-state index in [9.17, 15) is 0 Å². The molecular formula is C20H34. The predicted molar refractivity (Wildman–Crippen MR) is 91.6 cm³/mol. The third-order valence-electron chi connectivity index (χ3n) is 4.39. The van der Waals surface area contributed by atoms with Crippen LogP contribution in [0, 0.1) is 13.8 Å². The summed E-state index contributed by atoms with van der Waals surface area (Å²) >= 11 is 0. The van der Waals surface area contributed by atoms with Crippen molar-refractivity contribution in [3.05, 3.63) is 34.4 Å². The Balaban J connectivity index is 2.52. The van der Waals surface area contributed by atoms with E-state index in [2.05, 4.69) is 39.8 Å². The highest BCUT2D eigenvalue weighted by Gasteiger charge is 2.05. The van der Waals surface area contributed by atoms with E-state index in [1.807, 2.05) is 0 Å². The Labute approximate surface area is 127 Å². The first-order chi connectivity index (χ1) is 9.69. The predicted octanol–water partition coefficient (Wildman–Crippen LogP) is 6.55. The van der Waals surface area contributed by atoms with E-state index in [1.54, 1.807) is 11.1 Å². The van der Waals surface area contributed by atoms with Crippen molar-refractivity contribution in [2.45, 2.75) is 91.9 Å². The van der Waals surface area contributed by atoms with Gasteiger partial charge in [-0.3, -0.25) is 0 Å². The van der Waals surface area contributed by atoms with Crippen LogP contribution in [0.15, 0.2) is 12.1 Å². The van der Waals surface area contributed by atoms with Crippen LogP contribution in [-0.4, -0.2) is 0 Å². The Morgan fingerprint density at radius 3 is 1.35 bits per heavy atom. The molecule has 0 aromatic heterocycles. The SMILES string of the molecule is CCCCCCc1cc(C)c(CCCCCC)cc1C. The summed E-state index contributed by atoms with van der Waals surface area (Å²) < 4.78 is 0. The van der Waals surface area contributed by atoms with Gasteiger partial charge in [-0.2, -0.15) is 0 Å². The van der Waals surface area contributed by atoms with Crippen molar-refractivity contribution >= 4 is 0 Å². The molecule has 0 bridgehead atoms. The van der Waals surface area contributed by atoms with Crippen LogP contribution in [0.2, 0.25) is 0 Å². The molecule has 114 valence electrons. The van der Waals surface area contributed by atoms with Crippen molar-refractivity contribution in [2.75, 3.05) is 0 Å². The lowest BCUT2D eigenvalue weighted by molar-refractivity contribution is 0.661. The lowest BCUT2D eigenvalue weighted by Crippen LogP contribution is -1.97. The van der Waals surface area contributed by atoms with Gasteiger partial charge < -0.3 is 0 Å². The molecule has 0 amide bonds. The lowest BCUT2D eigenvalue weighted by atomic mass is 9.93. The van der Waals surface area contributed by atoms with Crippen molar-refractivity contribution in [3.63, 3.8) is 0 Å². The summed E-state index contributed by atoms with van der Waals surface area (Å²) in [5, 5.41) is 0. The molecule has 0 aliphatic heterocycles. The summed E-state index contributed by atoms with van der Waals surface area (Å²) in [6.07, 6.45) is 13.4. The highest BCUT2D eigenvalue weighted by Crippen LogP contribution is 2.20. The second-order valence-electron chi connectivity index (χ2n) is 6.33. The Hall–Kier alpha value is -0.780. The van der Waals surface area contributed by atoms with Crippen LogP contribution >= 0.6 is 0 Å². The van der Waals surface area contributed by atoms with Crippen molar-refractivity contribution < 1.29 is 0 Å². The minimum Gasteiger partial charge on any atom is -0.0654 e. The minimum atomic E-state index is 1.27. The molecule has 0 saturated heterocycles. The standard InChI is InChI=1S/C20H34/c1-5-7-9-11-13-19-15-18(4)20(16-17(19)3)14-12-10-8-6-2/h15-16H,5-14H2,1-4H3. The monoisotopic (exact) mass is 274 g/mol. The Bertz CT molecular complexity index is 338. The molecule has 0 fully saturated rings. The van der Waals surface area contributed by atoms with E-state index >= 15 is 0 Å². The number of aryl methyl sites for hydroxylation is 4.